The number of thiazole rings is 1. The highest BCUT2D eigenvalue weighted by molar-refractivity contribution is 7.07. The zero-order chi connectivity index (χ0) is 20.6. The lowest BCUT2D eigenvalue weighted by Crippen LogP contribution is -2.31. The molecule has 8 heteroatoms. The molecule has 1 heterocycles. The molecule has 0 aliphatic rings. The third-order valence-corrected chi connectivity index (χ3v) is 4.65. The molecule has 0 spiro atoms. The van der Waals surface area contributed by atoms with E-state index in [1.165, 1.54) is 18.3 Å². The average molecular weight is 410 g/mol. The SMILES string of the molecule is CC(=O)Nc1cccc(C(C)NC(=O)Nc2cccc(OCc3cscn3)c2)c1. The van der Waals surface area contributed by atoms with Crippen LogP contribution >= 0.6 is 11.3 Å². The number of hydrogen-bond acceptors (Lipinski definition) is 5. The second-order valence-electron chi connectivity index (χ2n) is 6.42. The molecule has 3 aromatic rings. The van der Waals surface area contributed by atoms with E-state index in [2.05, 4.69) is 20.9 Å². The Morgan fingerprint density at radius 2 is 1.86 bits per heavy atom. The Kier molecular flexibility index (Phi) is 6.80. The molecule has 0 fully saturated rings. The van der Waals surface area contributed by atoms with Gasteiger partial charge in [0, 0.05) is 29.7 Å². The molecule has 150 valence electrons. The normalized spacial score (nSPS) is 11.4. The van der Waals surface area contributed by atoms with Gasteiger partial charge in [0.05, 0.1) is 17.2 Å². The number of rotatable bonds is 7. The maximum Gasteiger partial charge on any atom is 0.319 e. The number of hydrogen-bond donors (Lipinski definition) is 3. The van der Waals surface area contributed by atoms with Crippen LogP contribution in [0.1, 0.15) is 31.1 Å². The Labute approximate surface area is 173 Å². The van der Waals surface area contributed by atoms with Crippen LogP contribution in [0.3, 0.4) is 0 Å². The number of nitrogens with zero attached hydrogens (tertiary/aromatic N) is 1. The molecule has 0 radical (unpaired) electrons. The fourth-order valence-electron chi connectivity index (χ4n) is 2.67. The highest BCUT2D eigenvalue weighted by Crippen LogP contribution is 2.20. The minimum Gasteiger partial charge on any atom is -0.487 e. The molecule has 2 aromatic carbocycles. The number of amides is 3. The van der Waals surface area contributed by atoms with Crippen molar-refractivity contribution in [3.05, 3.63) is 70.7 Å². The molecule has 0 bridgehead atoms. The highest BCUT2D eigenvalue weighted by atomic mass is 32.1. The topological polar surface area (TPSA) is 92.4 Å². The molecule has 3 N–H and O–H groups in total. The highest BCUT2D eigenvalue weighted by Gasteiger charge is 2.11. The van der Waals surface area contributed by atoms with Gasteiger partial charge in [0.15, 0.2) is 0 Å². The second-order valence-corrected chi connectivity index (χ2v) is 7.14. The van der Waals surface area contributed by atoms with Gasteiger partial charge in [-0.1, -0.05) is 18.2 Å². The van der Waals surface area contributed by atoms with E-state index >= 15 is 0 Å². The number of carbonyl (C=O) groups excluding carboxylic acids is 2. The molecule has 7 nitrogen and oxygen atoms in total. The van der Waals surface area contributed by atoms with Crippen LogP contribution in [0.4, 0.5) is 16.2 Å². The Balaban J connectivity index is 1.56. The molecule has 1 aromatic heterocycles. The zero-order valence-electron chi connectivity index (χ0n) is 16.1. The van der Waals surface area contributed by atoms with Gasteiger partial charge in [0.2, 0.25) is 5.91 Å². The van der Waals surface area contributed by atoms with E-state index in [1.807, 2.05) is 42.6 Å². The maximum absolute atomic E-state index is 12.4. The lowest BCUT2D eigenvalue weighted by molar-refractivity contribution is -0.114. The van der Waals surface area contributed by atoms with Crippen molar-refractivity contribution >= 4 is 34.6 Å². The molecule has 0 aliphatic heterocycles. The second kappa shape index (κ2) is 9.70. The molecule has 3 rings (SSSR count). The number of urea groups is 1. The average Bonchev–Trinajstić information content (AvgIpc) is 3.20. The van der Waals surface area contributed by atoms with Gasteiger partial charge >= 0.3 is 6.03 Å². The summed E-state index contributed by atoms with van der Waals surface area (Å²) in [5.74, 6) is 0.504. The van der Waals surface area contributed by atoms with Crippen LogP contribution in [0.2, 0.25) is 0 Å². The van der Waals surface area contributed by atoms with Crippen molar-refractivity contribution in [1.29, 1.82) is 0 Å². The molecule has 0 saturated heterocycles. The first-order chi connectivity index (χ1) is 14.0. The van der Waals surface area contributed by atoms with Crippen LogP contribution < -0.4 is 20.7 Å². The lowest BCUT2D eigenvalue weighted by Gasteiger charge is -2.16. The Morgan fingerprint density at radius 3 is 2.59 bits per heavy atom. The molecule has 3 amide bonds. The van der Waals surface area contributed by atoms with Gasteiger partial charge in [0.1, 0.15) is 12.4 Å². The van der Waals surface area contributed by atoms with Crippen molar-refractivity contribution in [1.82, 2.24) is 10.3 Å². The number of carbonyl (C=O) groups is 2. The lowest BCUT2D eigenvalue weighted by atomic mass is 10.1. The Bertz CT molecular complexity index is 976. The van der Waals surface area contributed by atoms with Crippen LogP contribution in [0, 0.1) is 0 Å². The fourth-order valence-corrected chi connectivity index (χ4v) is 3.21. The van der Waals surface area contributed by atoms with Gasteiger partial charge in [-0.05, 0) is 36.8 Å². The van der Waals surface area contributed by atoms with Crippen LogP contribution in [0.5, 0.6) is 5.75 Å². The smallest absolute Gasteiger partial charge is 0.319 e. The third-order valence-electron chi connectivity index (χ3n) is 4.02. The van der Waals surface area contributed by atoms with Crippen molar-refractivity contribution in [2.75, 3.05) is 10.6 Å². The summed E-state index contributed by atoms with van der Waals surface area (Å²) in [5, 5.41) is 10.4. The third kappa shape index (κ3) is 6.32. The van der Waals surface area contributed by atoms with Crippen molar-refractivity contribution in [2.45, 2.75) is 26.5 Å². The molecule has 1 unspecified atom stereocenters. The van der Waals surface area contributed by atoms with Crippen LogP contribution in [0.15, 0.2) is 59.4 Å². The first kappa shape index (κ1) is 20.3. The minimum absolute atomic E-state index is 0.141. The van der Waals surface area contributed by atoms with E-state index in [9.17, 15) is 9.59 Å². The number of aromatic nitrogens is 1. The van der Waals surface area contributed by atoms with E-state index in [1.54, 1.807) is 23.7 Å². The Hall–Kier alpha value is -3.39. The van der Waals surface area contributed by atoms with Gasteiger partial charge < -0.3 is 20.7 Å². The molecule has 0 saturated carbocycles. The maximum atomic E-state index is 12.4. The monoisotopic (exact) mass is 410 g/mol. The van der Waals surface area contributed by atoms with Crippen molar-refractivity contribution in [2.24, 2.45) is 0 Å². The molecular formula is C21H22N4O3S. The van der Waals surface area contributed by atoms with E-state index in [4.69, 9.17) is 4.74 Å². The summed E-state index contributed by atoms with van der Waals surface area (Å²) in [6, 6.07) is 14.0. The first-order valence-electron chi connectivity index (χ1n) is 9.04. The van der Waals surface area contributed by atoms with Crippen molar-refractivity contribution < 1.29 is 14.3 Å². The first-order valence-corrected chi connectivity index (χ1v) is 9.99. The van der Waals surface area contributed by atoms with E-state index in [0.717, 1.165) is 11.3 Å². The molecule has 0 aliphatic carbocycles. The van der Waals surface area contributed by atoms with Crippen molar-refractivity contribution in [3.63, 3.8) is 0 Å². The Morgan fingerprint density at radius 1 is 1.10 bits per heavy atom. The van der Waals surface area contributed by atoms with Gasteiger partial charge in [-0.25, -0.2) is 9.78 Å². The van der Waals surface area contributed by atoms with E-state index in [0.29, 0.717) is 23.7 Å². The molecular weight excluding hydrogens is 388 g/mol. The number of ether oxygens (including phenoxy) is 1. The summed E-state index contributed by atoms with van der Waals surface area (Å²) in [4.78, 5) is 27.8. The fraction of sp³-hybridized carbons (Fsp3) is 0.190. The van der Waals surface area contributed by atoms with Crippen LogP contribution in [0.25, 0.3) is 0 Å². The van der Waals surface area contributed by atoms with Crippen LogP contribution in [-0.4, -0.2) is 16.9 Å². The van der Waals surface area contributed by atoms with Gasteiger partial charge in [-0.2, -0.15) is 0 Å². The summed E-state index contributed by atoms with van der Waals surface area (Å²) in [7, 11) is 0. The summed E-state index contributed by atoms with van der Waals surface area (Å²) in [5.41, 5.74) is 4.81. The van der Waals surface area contributed by atoms with Crippen LogP contribution in [-0.2, 0) is 11.4 Å². The summed E-state index contributed by atoms with van der Waals surface area (Å²) < 4.78 is 5.71. The predicted molar refractivity (Wildman–Crippen MR) is 114 cm³/mol. The summed E-state index contributed by atoms with van der Waals surface area (Å²) in [6.45, 7) is 3.71. The van der Waals surface area contributed by atoms with Gasteiger partial charge in [0.25, 0.3) is 0 Å². The van der Waals surface area contributed by atoms with Gasteiger partial charge in [-0.3, -0.25) is 4.79 Å². The number of benzene rings is 2. The standard InChI is InChI=1S/C21H22N4O3S/c1-14(16-5-3-6-17(9-16)24-15(2)26)23-21(27)25-18-7-4-8-20(10-18)28-11-19-12-29-13-22-19/h3-10,12-14H,11H2,1-2H3,(H,24,26)(H2,23,25,27). The summed E-state index contributed by atoms with van der Waals surface area (Å²) >= 11 is 1.52. The quantitative estimate of drug-likeness (QED) is 0.532. The molecule has 1 atom stereocenters. The van der Waals surface area contributed by atoms with Crippen molar-refractivity contribution in [3.8, 4) is 5.75 Å². The minimum atomic E-state index is -0.334. The number of nitrogens with one attached hydrogen (secondary N) is 3. The summed E-state index contributed by atoms with van der Waals surface area (Å²) in [6.07, 6.45) is 0. The molecule has 29 heavy (non-hydrogen) atoms. The van der Waals surface area contributed by atoms with E-state index in [-0.39, 0.29) is 18.0 Å². The largest absolute Gasteiger partial charge is 0.487 e. The zero-order valence-corrected chi connectivity index (χ0v) is 17.0. The number of anilines is 2. The predicted octanol–water partition coefficient (Wildman–Crippen LogP) is 4.56. The van der Waals surface area contributed by atoms with E-state index < -0.39 is 0 Å². The van der Waals surface area contributed by atoms with Gasteiger partial charge in [-0.15, -0.1) is 11.3 Å².